The molecule has 2 fully saturated rings. The van der Waals surface area contributed by atoms with E-state index >= 15 is 0 Å². The first kappa shape index (κ1) is 17.5. The monoisotopic (exact) mass is 358 g/mol. The van der Waals surface area contributed by atoms with Crippen molar-refractivity contribution in [3.63, 3.8) is 0 Å². The molecule has 0 spiro atoms. The summed E-state index contributed by atoms with van der Waals surface area (Å²) >= 11 is 0. The van der Waals surface area contributed by atoms with Crippen molar-refractivity contribution < 1.29 is 24.2 Å². The molecule has 2 saturated carbocycles. The number of aliphatic hydroxyl groups is 1. The van der Waals surface area contributed by atoms with Crippen molar-refractivity contribution >= 4 is 11.8 Å². The first-order chi connectivity index (χ1) is 12.3. The van der Waals surface area contributed by atoms with Crippen molar-refractivity contribution in [2.24, 2.45) is 17.3 Å². The van der Waals surface area contributed by atoms with E-state index in [1.54, 1.807) is 7.11 Å². The Morgan fingerprint density at radius 2 is 2.00 bits per heavy atom. The number of benzene rings is 1. The zero-order chi connectivity index (χ0) is 18.7. The van der Waals surface area contributed by atoms with Gasteiger partial charge in [0.15, 0.2) is 11.4 Å². The number of hydrogen-bond donors (Lipinski definition) is 1. The predicted molar refractivity (Wildman–Crippen MR) is 94.7 cm³/mol. The van der Waals surface area contributed by atoms with Gasteiger partial charge in [0.05, 0.1) is 7.11 Å². The van der Waals surface area contributed by atoms with Crippen LogP contribution in [-0.2, 0) is 26.3 Å². The summed E-state index contributed by atoms with van der Waals surface area (Å²) in [5.41, 5.74) is -0.0918. The molecular formula is C21H26O5. The number of carbonyl (C=O) groups is 2. The summed E-state index contributed by atoms with van der Waals surface area (Å²) in [5.74, 6) is 0.340. The third kappa shape index (κ3) is 2.26. The van der Waals surface area contributed by atoms with E-state index in [2.05, 4.69) is 6.92 Å². The van der Waals surface area contributed by atoms with Crippen LogP contribution < -0.4 is 4.74 Å². The lowest BCUT2D eigenvalue weighted by Crippen LogP contribution is -2.58. The van der Waals surface area contributed by atoms with E-state index in [9.17, 15) is 14.7 Å². The Morgan fingerprint density at radius 3 is 2.69 bits per heavy atom. The number of ether oxygens (including phenoxy) is 2. The number of rotatable bonds is 2. The van der Waals surface area contributed by atoms with Gasteiger partial charge in [0.1, 0.15) is 11.9 Å². The molecule has 1 aromatic rings. The number of carbonyl (C=O) groups excluding carboxylic acids is 2. The van der Waals surface area contributed by atoms with E-state index in [0.717, 1.165) is 42.6 Å². The molecule has 1 N–H and O–H groups in total. The van der Waals surface area contributed by atoms with Crippen molar-refractivity contribution in [3.05, 3.63) is 29.3 Å². The summed E-state index contributed by atoms with van der Waals surface area (Å²) in [4.78, 5) is 24.7. The van der Waals surface area contributed by atoms with Crippen molar-refractivity contribution in [1.82, 2.24) is 0 Å². The molecule has 3 aliphatic rings. The Morgan fingerprint density at radius 1 is 1.23 bits per heavy atom. The van der Waals surface area contributed by atoms with Crippen LogP contribution in [0.3, 0.4) is 0 Å². The van der Waals surface area contributed by atoms with Crippen LogP contribution in [-0.4, -0.2) is 30.1 Å². The van der Waals surface area contributed by atoms with Crippen molar-refractivity contribution in [1.29, 1.82) is 0 Å². The van der Waals surface area contributed by atoms with Crippen LogP contribution in [0.1, 0.15) is 50.7 Å². The molecule has 0 amide bonds. The van der Waals surface area contributed by atoms with E-state index in [1.165, 1.54) is 6.92 Å². The van der Waals surface area contributed by atoms with Gasteiger partial charge in [0, 0.05) is 24.7 Å². The molecule has 3 aliphatic carbocycles. The Hall–Kier alpha value is -1.88. The zero-order valence-corrected chi connectivity index (χ0v) is 15.6. The molecule has 0 heterocycles. The van der Waals surface area contributed by atoms with Gasteiger partial charge in [-0.25, -0.2) is 0 Å². The molecule has 5 nitrogen and oxygen atoms in total. The molecule has 26 heavy (non-hydrogen) atoms. The number of fused-ring (bicyclic) bond motifs is 5. The van der Waals surface area contributed by atoms with Crippen LogP contribution in [0.15, 0.2) is 18.2 Å². The number of aryl methyl sites for hydroxylation is 1. The second kappa shape index (κ2) is 5.81. The number of methoxy groups -OCH3 is 1. The van der Waals surface area contributed by atoms with Gasteiger partial charge in [0.25, 0.3) is 0 Å². The highest BCUT2D eigenvalue weighted by molar-refractivity contribution is 5.91. The third-order valence-corrected chi connectivity index (χ3v) is 7.07. The van der Waals surface area contributed by atoms with Gasteiger partial charge in [-0.3, -0.25) is 9.59 Å². The maximum Gasteiger partial charge on any atom is 0.302 e. The molecule has 0 radical (unpaired) electrons. The van der Waals surface area contributed by atoms with E-state index in [4.69, 9.17) is 9.47 Å². The molecular weight excluding hydrogens is 332 g/mol. The molecule has 0 bridgehead atoms. The van der Waals surface area contributed by atoms with E-state index in [-0.39, 0.29) is 41.5 Å². The molecule has 1 aromatic carbocycles. The maximum absolute atomic E-state index is 13.2. The van der Waals surface area contributed by atoms with E-state index < -0.39 is 5.60 Å². The SMILES string of the molecule is COc1ccc2c(c1)CC[C@H]1[C@@H]3CC[C@H](OC(C)=O)[C@@]3(C)CC(=O)[C@@]21O. The largest absolute Gasteiger partial charge is 0.497 e. The Balaban J connectivity index is 1.75. The summed E-state index contributed by atoms with van der Waals surface area (Å²) in [7, 11) is 1.62. The normalized spacial score (nSPS) is 38.2. The number of ketones is 1. The van der Waals surface area contributed by atoms with Crippen LogP contribution in [0.2, 0.25) is 0 Å². The van der Waals surface area contributed by atoms with E-state index in [1.807, 2.05) is 18.2 Å². The molecule has 0 saturated heterocycles. The van der Waals surface area contributed by atoms with Crippen LogP contribution in [0, 0.1) is 17.3 Å². The average molecular weight is 358 g/mol. The lowest BCUT2D eigenvalue weighted by Gasteiger charge is -2.53. The minimum absolute atomic E-state index is 0.129. The summed E-state index contributed by atoms with van der Waals surface area (Å²) in [6.45, 7) is 3.47. The fourth-order valence-electron chi connectivity index (χ4n) is 5.85. The maximum atomic E-state index is 13.2. The second-order valence-electron chi connectivity index (χ2n) is 8.32. The number of hydrogen-bond acceptors (Lipinski definition) is 5. The Kier molecular flexibility index (Phi) is 3.92. The lowest BCUT2D eigenvalue weighted by molar-refractivity contribution is -0.179. The highest BCUT2D eigenvalue weighted by atomic mass is 16.5. The van der Waals surface area contributed by atoms with Crippen LogP contribution >= 0.6 is 0 Å². The highest BCUT2D eigenvalue weighted by Gasteiger charge is 2.64. The molecule has 5 heteroatoms. The van der Waals surface area contributed by atoms with Crippen molar-refractivity contribution in [2.45, 2.75) is 57.7 Å². The minimum atomic E-state index is -1.44. The number of Topliss-reactive ketones (excluding diaryl/α,β-unsaturated/α-hetero) is 1. The van der Waals surface area contributed by atoms with Gasteiger partial charge >= 0.3 is 5.97 Å². The van der Waals surface area contributed by atoms with Gasteiger partial charge in [-0.05, 0) is 54.9 Å². The number of esters is 1. The first-order valence-corrected chi connectivity index (χ1v) is 9.41. The van der Waals surface area contributed by atoms with Gasteiger partial charge in [-0.15, -0.1) is 0 Å². The average Bonchev–Trinajstić information content (AvgIpc) is 2.90. The quantitative estimate of drug-likeness (QED) is 0.823. The zero-order valence-electron chi connectivity index (χ0n) is 15.6. The van der Waals surface area contributed by atoms with Crippen LogP contribution in [0.4, 0.5) is 0 Å². The van der Waals surface area contributed by atoms with Crippen LogP contribution in [0.25, 0.3) is 0 Å². The second-order valence-corrected chi connectivity index (χ2v) is 8.32. The van der Waals surface area contributed by atoms with Crippen molar-refractivity contribution in [3.8, 4) is 5.75 Å². The van der Waals surface area contributed by atoms with Gasteiger partial charge in [-0.2, -0.15) is 0 Å². The topological polar surface area (TPSA) is 72.8 Å². The third-order valence-electron chi connectivity index (χ3n) is 7.07. The molecule has 0 aromatic heterocycles. The summed E-state index contributed by atoms with van der Waals surface area (Å²) in [6.07, 6.45) is 3.22. The summed E-state index contributed by atoms with van der Waals surface area (Å²) in [5, 5.41) is 11.6. The summed E-state index contributed by atoms with van der Waals surface area (Å²) in [6, 6.07) is 5.59. The minimum Gasteiger partial charge on any atom is -0.497 e. The predicted octanol–water partition coefficient (Wildman–Crippen LogP) is 2.77. The Bertz CT molecular complexity index is 772. The molecule has 0 aliphatic heterocycles. The standard InChI is InChI=1S/C21H26O5/c1-12(22)26-19-9-8-16-17-6-4-13-10-14(25-3)5-7-15(13)21(17,24)18(23)11-20(16,19)2/h5,7,10,16-17,19,24H,4,6,8-9,11H2,1-3H3/t16-,17-,19-,20-,21+/m0/s1. The Labute approximate surface area is 153 Å². The molecule has 4 rings (SSSR count). The van der Waals surface area contributed by atoms with E-state index in [0.29, 0.717) is 0 Å². The smallest absolute Gasteiger partial charge is 0.302 e. The van der Waals surface area contributed by atoms with Crippen LogP contribution in [0.5, 0.6) is 5.75 Å². The summed E-state index contributed by atoms with van der Waals surface area (Å²) < 4.78 is 10.9. The molecule has 140 valence electrons. The highest BCUT2D eigenvalue weighted by Crippen LogP contribution is 2.61. The van der Waals surface area contributed by atoms with Gasteiger partial charge < -0.3 is 14.6 Å². The lowest BCUT2D eigenvalue weighted by atomic mass is 9.52. The fourth-order valence-corrected chi connectivity index (χ4v) is 5.85. The fraction of sp³-hybridized carbons (Fsp3) is 0.619. The van der Waals surface area contributed by atoms with Crippen molar-refractivity contribution in [2.75, 3.05) is 7.11 Å². The molecule has 0 unspecified atom stereocenters. The van der Waals surface area contributed by atoms with Gasteiger partial charge in [-0.1, -0.05) is 13.0 Å². The first-order valence-electron chi connectivity index (χ1n) is 9.41. The van der Waals surface area contributed by atoms with Gasteiger partial charge in [0.2, 0.25) is 0 Å². The molecule has 5 atom stereocenters.